The SMILES string of the molecule is Cc1c(C#CCN)cccc1C(=O)N1CC(C)C(C)C1. The molecule has 0 saturated carbocycles. The van der Waals surface area contributed by atoms with Crippen LogP contribution in [0.5, 0.6) is 0 Å². The minimum absolute atomic E-state index is 0.120. The van der Waals surface area contributed by atoms with Gasteiger partial charge in [0.1, 0.15) is 0 Å². The molecule has 0 aromatic heterocycles. The molecule has 1 saturated heterocycles. The summed E-state index contributed by atoms with van der Waals surface area (Å²) in [6.07, 6.45) is 0. The second-order valence-corrected chi connectivity index (χ2v) is 5.65. The lowest BCUT2D eigenvalue weighted by Gasteiger charge is -2.18. The maximum Gasteiger partial charge on any atom is 0.254 e. The summed E-state index contributed by atoms with van der Waals surface area (Å²) in [4.78, 5) is 14.6. The monoisotopic (exact) mass is 270 g/mol. The highest BCUT2D eigenvalue weighted by molar-refractivity contribution is 5.96. The molecule has 2 unspecified atom stereocenters. The molecule has 20 heavy (non-hydrogen) atoms. The number of rotatable bonds is 1. The largest absolute Gasteiger partial charge is 0.338 e. The Labute approximate surface area is 121 Å². The summed E-state index contributed by atoms with van der Waals surface area (Å²) in [5.74, 6) is 7.14. The summed E-state index contributed by atoms with van der Waals surface area (Å²) in [6, 6.07) is 5.71. The smallest absolute Gasteiger partial charge is 0.254 e. The molecular formula is C17H22N2O. The van der Waals surface area contributed by atoms with Gasteiger partial charge in [-0.25, -0.2) is 0 Å². The fraction of sp³-hybridized carbons (Fsp3) is 0.471. The first-order valence-electron chi connectivity index (χ1n) is 7.12. The topological polar surface area (TPSA) is 46.3 Å². The van der Waals surface area contributed by atoms with Crippen LogP contribution in [0, 0.1) is 30.6 Å². The molecule has 1 aliphatic heterocycles. The van der Waals surface area contributed by atoms with Gasteiger partial charge in [0.15, 0.2) is 0 Å². The molecule has 1 aliphatic rings. The minimum Gasteiger partial charge on any atom is -0.338 e. The molecule has 2 rings (SSSR count). The Balaban J connectivity index is 2.27. The number of nitrogens with two attached hydrogens (primary N) is 1. The molecule has 1 aromatic rings. The summed E-state index contributed by atoms with van der Waals surface area (Å²) in [6.45, 7) is 8.38. The second kappa shape index (κ2) is 6.11. The van der Waals surface area contributed by atoms with Crippen molar-refractivity contribution in [3.05, 3.63) is 34.9 Å². The molecule has 1 aromatic carbocycles. The van der Waals surface area contributed by atoms with Crippen molar-refractivity contribution < 1.29 is 4.79 Å². The molecule has 2 N–H and O–H groups in total. The third-order valence-electron chi connectivity index (χ3n) is 4.16. The number of benzene rings is 1. The molecule has 3 nitrogen and oxygen atoms in total. The van der Waals surface area contributed by atoms with Crippen LogP contribution in [0.2, 0.25) is 0 Å². The van der Waals surface area contributed by atoms with E-state index in [9.17, 15) is 4.79 Å². The highest BCUT2D eigenvalue weighted by Crippen LogP contribution is 2.25. The highest BCUT2D eigenvalue weighted by atomic mass is 16.2. The molecule has 0 bridgehead atoms. The van der Waals surface area contributed by atoms with Crippen LogP contribution in [0.25, 0.3) is 0 Å². The summed E-state index contributed by atoms with van der Waals surface area (Å²) < 4.78 is 0. The van der Waals surface area contributed by atoms with Crippen molar-refractivity contribution in [2.75, 3.05) is 19.6 Å². The zero-order chi connectivity index (χ0) is 14.7. The molecule has 0 radical (unpaired) electrons. The first kappa shape index (κ1) is 14.6. The van der Waals surface area contributed by atoms with Crippen molar-refractivity contribution in [3.63, 3.8) is 0 Å². The van der Waals surface area contributed by atoms with Gasteiger partial charge in [-0.1, -0.05) is 31.8 Å². The van der Waals surface area contributed by atoms with Crippen LogP contribution in [-0.4, -0.2) is 30.4 Å². The van der Waals surface area contributed by atoms with Gasteiger partial charge in [0.05, 0.1) is 6.54 Å². The first-order valence-corrected chi connectivity index (χ1v) is 7.12. The van der Waals surface area contributed by atoms with Gasteiger partial charge in [-0.2, -0.15) is 0 Å². The molecule has 1 amide bonds. The van der Waals surface area contributed by atoms with Crippen LogP contribution in [0.3, 0.4) is 0 Å². The lowest BCUT2D eigenvalue weighted by molar-refractivity contribution is 0.0784. The lowest BCUT2D eigenvalue weighted by atomic mass is 10.0. The Morgan fingerprint density at radius 1 is 1.35 bits per heavy atom. The predicted molar refractivity (Wildman–Crippen MR) is 81.3 cm³/mol. The van der Waals surface area contributed by atoms with Crippen molar-refractivity contribution in [1.82, 2.24) is 4.90 Å². The van der Waals surface area contributed by atoms with Gasteiger partial charge in [0.2, 0.25) is 0 Å². The van der Waals surface area contributed by atoms with Crippen molar-refractivity contribution in [1.29, 1.82) is 0 Å². The van der Waals surface area contributed by atoms with Gasteiger partial charge < -0.3 is 10.6 Å². The van der Waals surface area contributed by atoms with Crippen molar-refractivity contribution in [3.8, 4) is 11.8 Å². The molecular weight excluding hydrogens is 248 g/mol. The Kier molecular flexibility index (Phi) is 4.46. The van der Waals surface area contributed by atoms with Crippen LogP contribution in [-0.2, 0) is 0 Å². The van der Waals surface area contributed by atoms with E-state index in [1.807, 2.05) is 30.0 Å². The number of carbonyl (C=O) groups excluding carboxylic acids is 1. The highest BCUT2D eigenvalue weighted by Gasteiger charge is 2.30. The van der Waals surface area contributed by atoms with Crippen molar-refractivity contribution >= 4 is 5.91 Å². The fourth-order valence-electron chi connectivity index (χ4n) is 2.61. The van der Waals surface area contributed by atoms with Crippen molar-refractivity contribution in [2.24, 2.45) is 17.6 Å². The van der Waals surface area contributed by atoms with E-state index in [0.717, 1.165) is 29.8 Å². The van der Waals surface area contributed by atoms with E-state index < -0.39 is 0 Å². The van der Waals surface area contributed by atoms with Gasteiger partial charge in [0.25, 0.3) is 5.91 Å². The van der Waals surface area contributed by atoms with Crippen LogP contribution in [0.15, 0.2) is 18.2 Å². The fourth-order valence-corrected chi connectivity index (χ4v) is 2.61. The second-order valence-electron chi connectivity index (χ2n) is 5.65. The zero-order valence-electron chi connectivity index (χ0n) is 12.4. The third kappa shape index (κ3) is 2.86. The molecule has 0 spiro atoms. The Morgan fingerprint density at radius 2 is 2.00 bits per heavy atom. The summed E-state index contributed by atoms with van der Waals surface area (Å²) in [5.41, 5.74) is 8.01. The Hall–Kier alpha value is -1.79. The molecule has 3 heteroatoms. The van der Waals surface area contributed by atoms with Crippen molar-refractivity contribution in [2.45, 2.75) is 20.8 Å². The lowest BCUT2D eigenvalue weighted by Crippen LogP contribution is -2.29. The molecule has 0 aliphatic carbocycles. The summed E-state index contributed by atoms with van der Waals surface area (Å²) in [5, 5.41) is 0. The molecule has 1 heterocycles. The molecule has 2 atom stereocenters. The van der Waals surface area contributed by atoms with E-state index in [-0.39, 0.29) is 5.91 Å². The van der Waals surface area contributed by atoms with Gasteiger partial charge in [-0.3, -0.25) is 4.79 Å². The van der Waals surface area contributed by atoms with E-state index >= 15 is 0 Å². The standard InChI is InChI=1S/C17H22N2O/c1-12-10-19(11-13(12)2)17(20)16-8-4-6-15(14(16)3)7-5-9-18/h4,6,8,12-13H,9-11,18H2,1-3H3. The summed E-state index contributed by atoms with van der Waals surface area (Å²) in [7, 11) is 0. The normalized spacial score (nSPS) is 21.5. The number of amides is 1. The Morgan fingerprint density at radius 3 is 2.60 bits per heavy atom. The van der Waals surface area contributed by atoms with Gasteiger partial charge >= 0.3 is 0 Å². The van der Waals surface area contributed by atoms with Crippen LogP contribution < -0.4 is 5.73 Å². The predicted octanol–water partition coefficient (Wildman–Crippen LogP) is 2.03. The van der Waals surface area contributed by atoms with E-state index in [0.29, 0.717) is 18.4 Å². The zero-order valence-corrected chi connectivity index (χ0v) is 12.4. The van der Waals surface area contributed by atoms with Gasteiger partial charge in [-0.15, -0.1) is 0 Å². The average molecular weight is 270 g/mol. The molecule has 106 valence electrons. The number of hydrogen-bond acceptors (Lipinski definition) is 2. The quantitative estimate of drug-likeness (QED) is 0.794. The minimum atomic E-state index is 0.120. The summed E-state index contributed by atoms with van der Waals surface area (Å²) >= 11 is 0. The van der Waals surface area contributed by atoms with E-state index in [2.05, 4.69) is 25.7 Å². The van der Waals surface area contributed by atoms with Gasteiger partial charge in [-0.05, 0) is 36.5 Å². The molecule has 1 fully saturated rings. The van der Waals surface area contributed by atoms with Crippen LogP contribution in [0.1, 0.15) is 35.3 Å². The number of hydrogen-bond donors (Lipinski definition) is 1. The van der Waals surface area contributed by atoms with E-state index in [1.54, 1.807) is 0 Å². The maximum absolute atomic E-state index is 12.6. The van der Waals surface area contributed by atoms with Gasteiger partial charge in [0, 0.05) is 24.2 Å². The van der Waals surface area contributed by atoms with Crippen LogP contribution in [0.4, 0.5) is 0 Å². The number of nitrogens with zero attached hydrogens (tertiary/aromatic N) is 1. The maximum atomic E-state index is 12.6. The Bertz CT molecular complexity index is 558. The average Bonchev–Trinajstić information content (AvgIpc) is 2.77. The van der Waals surface area contributed by atoms with E-state index in [4.69, 9.17) is 5.73 Å². The van der Waals surface area contributed by atoms with Crippen LogP contribution >= 0.6 is 0 Å². The number of likely N-dealkylation sites (tertiary alicyclic amines) is 1. The third-order valence-corrected chi connectivity index (χ3v) is 4.16. The number of carbonyl (C=O) groups is 1. The first-order chi connectivity index (χ1) is 9.54. The van der Waals surface area contributed by atoms with E-state index in [1.165, 1.54) is 0 Å².